The van der Waals surface area contributed by atoms with Crippen LogP contribution in [-0.2, 0) is 18.2 Å². The van der Waals surface area contributed by atoms with E-state index in [9.17, 15) is 38.8 Å². The maximum absolute atomic E-state index is 11.8. The highest BCUT2D eigenvalue weighted by Crippen LogP contribution is 2.59. The number of nitrogens with zero attached hydrogens (tertiary/aromatic N) is 3. The molecule has 2 aromatic rings. The molecule has 1 fully saturated rings. The topological polar surface area (TPSA) is 252 Å². The van der Waals surface area contributed by atoms with E-state index < -0.39 is 50.5 Å². The van der Waals surface area contributed by atoms with E-state index in [1.165, 1.54) is 0 Å². The van der Waals surface area contributed by atoms with Crippen molar-refractivity contribution in [1.29, 1.82) is 0 Å². The standard InChI is InChI=1S/C10H15N5O10P2S/c11-10-13-7-4(8(18)14-10)12-2-15(7)9-6(17)5(16)3(24-9)1-28-27(22,23)25-26(19,20)21/h2-3,5-6,9,16-17H,1H2,(H,22,23)(H2,19,20,21)(H3,11,13,14,18)/p-3. The molecule has 5 atom stereocenters. The van der Waals surface area contributed by atoms with Gasteiger partial charge in [0.1, 0.15) is 12.2 Å². The van der Waals surface area contributed by atoms with Crippen molar-refractivity contribution < 1.29 is 43.1 Å². The van der Waals surface area contributed by atoms with E-state index in [0.29, 0.717) is 0 Å². The number of ether oxygens (including phenoxy) is 1. The van der Waals surface area contributed by atoms with Crippen molar-refractivity contribution in [2.75, 3.05) is 11.5 Å². The lowest BCUT2D eigenvalue weighted by Crippen LogP contribution is -2.32. The first-order valence-electron chi connectivity index (χ1n) is 7.31. The van der Waals surface area contributed by atoms with Crippen molar-refractivity contribution in [3.8, 4) is 0 Å². The lowest BCUT2D eigenvalue weighted by atomic mass is 10.1. The Morgan fingerprint density at radius 3 is 2.68 bits per heavy atom. The van der Waals surface area contributed by atoms with Crippen LogP contribution in [0.4, 0.5) is 5.95 Å². The summed E-state index contributed by atoms with van der Waals surface area (Å²) >= 11 is -0.0896. The minimum Gasteiger partial charge on any atom is -0.790 e. The number of hydrogen-bond acceptors (Lipinski definition) is 14. The van der Waals surface area contributed by atoms with Crippen molar-refractivity contribution in [2.45, 2.75) is 24.5 Å². The van der Waals surface area contributed by atoms with Crippen LogP contribution in [0.2, 0.25) is 0 Å². The molecule has 156 valence electrons. The van der Waals surface area contributed by atoms with E-state index in [4.69, 9.17) is 10.5 Å². The minimum atomic E-state index is -5.78. The number of rotatable bonds is 6. The van der Waals surface area contributed by atoms with Crippen molar-refractivity contribution >= 4 is 43.1 Å². The van der Waals surface area contributed by atoms with Crippen LogP contribution in [0.25, 0.3) is 11.2 Å². The Morgan fingerprint density at radius 1 is 1.36 bits per heavy atom. The fourth-order valence-corrected chi connectivity index (χ4v) is 6.46. The number of aliphatic hydroxyl groups excluding tert-OH is 2. The van der Waals surface area contributed by atoms with Gasteiger partial charge in [-0.3, -0.25) is 23.2 Å². The van der Waals surface area contributed by atoms with Gasteiger partial charge in [-0.2, -0.15) is 4.98 Å². The predicted octanol–water partition coefficient (Wildman–Crippen LogP) is -3.63. The Morgan fingerprint density at radius 2 is 2.04 bits per heavy atom. The summed E-state index contributed by atoms with van der Waals surface area (Å²) in [5.74, 6) is -0.804. The summed E-state index contributed by atoms with van der Waals surface area (Å²) in [7, 11) is -5.78. The molecule has 5 N–H and O–H groups in total. The van der Waals surface area contributed by atoms with E-state index in [2.05, 4.69) is 19.3 Å². The third-order valence-electron chi connectivity index (χ3n) is 3.66. The largest absolute Gasteiger partial charge is 0.790 e. The number of anilines is 1. The summed E-state index contributed by atoms with van der Waals surface area (Å²) in [6, 6.07) is 0. The molecule has 1 aliphatic rings. The van der Waals surface area contributed by atoms with Gasteiger partial charge in [-0.05, 0) is 0 Å². The van der Waals surface area contributed by atoms with Gasteiger partial charge in [-0.25, -0.2) is 4.98 Å². The maximum Gasteiger partial charge on any atom is 0.280 e. The number of H-pyrrole nitrogens is 1. The van der Waals surface area contributed by atoms with Gasteiger partial charge in [0.05, 0.1) is 20.3 Å². The highest BCUT2D eigenvalue weighted by atomic mass is 32.7. The Hall–Kier alpha value is -1.32. The zero-order valence-electron chi connectivity index (χ0n) is 13.5. The van der Waals surface area contributed by atoms with E-state index in [1.807, 2.05) is 0 Å². The summed E-state index contributed by atoms with van der Waals surface area (Å²) in [5, 5.41) is 20.3. The molecule has 0 aromatic carbocycles. The Balaban J connectivity index is 1.79. The molecule has 18 heteroatoms. The second-order valence-electron chi connectivity index (χ2n) is 5.59. The first-order chi connectivity index (χ1) is 12.9. The van der Waals surface area contributed by atoms with E-state index >= 15 is 0 Å². The number of imidazole rings is 1. The molecule has 0 spiro atoms. The molecule has 3 heterocycles. The fraction of sp³-hybridized carbons (Fsp3) is 0.500. The molecular formula is C10H12N5O10P2S-3. The zero-order chi connectivity index (χ0) is 20.9. The molecule has 0 aliphatic carbocycles. The number of phosphoric acid groups is 1. The van der Waals surface area contributed by atoms with Crippen LogP contribution in [0.1, 0.15) is 6.23 Å². The average molecular weight is 456 g/mol. The van der Waals surface area contributed by atoms with Crippen LogP contribution in [-0.4, -0.2) is 53.8 Å². The van der Waals surface area contributed by atoms with Crippen molar-refractivity contribution in [2.24, 2.45) is 0 Å². The Labute approximate surface area is 159 Å². The lowest BCUT2D eigenvalue weighted by molar-refractivity contribution is -0.337. The van der Waals surface area contributed by atoms with Gasteiger partial charge in [0.15, 0.2) is 24.2 Å². The molecular weight excluding hydrogens is 444 g/mol. The fourth-order valence-electron chi connectivity index (χ4n) is 2.54. The molecule has 28 heavy (non-hydrogen) atoms. The van der Waals surface area contributed by atoms with Crippen molar-refractivity contribution in [1.82, 2.24) is 19.5 Å². The number of aromatic amines is 1. The van der Waals surface area contributed by atoms with Gasteiger partial charge < -0.3 is 39.9 Å². The van der Waals surface area contributed by atoms with Gasteiger partial charge in [0, 0.05) is 5.75 Å². The van der Waals surface area contributed by atoms with Gasteiger partial charge >= 0.3 is 0 Å². The molecule has 0 bridgehead atoms. The number of nitrogen functional groups attached to an aromatic ring is 1. The van der Waals surface area contributed by atoms with Crippen LogP contribution < -0.4 is 26.0 Å². The minimum absolute atomic E-state index is 0.0534. The molecule has 15 nitrogen and oxygen atoms in total. The molecule has 0 radical (unpaired) electrons. The summed E-state index contributed by atoms with van der Waals surface area (Å²) in [6.07, 6.45) is -4.68. The Kier molecular flexibility index (Phi) is 5.73. The second-order valence-corrected chi connectivity index (χ2v) is 10.7. The van der Waals surface area contributed by atoms with E-state index in [1.54, 1.807) is 0 Å². The number of hydrogen-bond donors (Lipinski definition) is 4. The molecule has 0 amide bonds. The first kappa shape index (κ1) is 21.4. The molecule has 2 aromatic heterocycles. The van der Waals surface area contributed by atoms with E-state index in [0.717, 1.165) is 10.9 Å². The smallest absolute Gasteiger partial charge is 0.280 e. The van der Waals surface area contributed by atoms with Crippen molar-refractivity contribution in [3.63, 3.8) is 0 Å². The van der Waals surface area contributed by atoms with E-state index in [-0.39, 0.29) is 28.5 Å². The van der Waals surface area contributed by atoms with Crippen LogP contribution >= 0.6 is 26.0 Å². The zero-order valence-corrected chi connectivity index (χ0v) is 16.1. The molecule has 1 saturated heterocycles. The summed E-state index contributed by atoms with van der Waals surface area (Å²) in [5.41, 5.74) is 4.65. The number of aromatic nitrogens is 4. The molecule has 1 aliphatic heterocycles. The molecule has 5 unspecified atom stereocenters. The highest BCUT2D eigenvalue weighted by molar-refractivity contribution is 8.54. The molecule has 0 saturated carbocycles. The average Bonchev–Trinajstić information content (AvgIpc) is 3.06. The third-order valence-corrected chi connectivity index (χ3v) is 8.05. The van der Waals surface area contributed by atoms with Crippen molar-refractivity contribution in [3.05, 3.63) is 16.7 Å². The number of aliphatic hydroxyl groups is 2. The quantitative estimate of drug-likeness (QED) is 0.306. The van der Waals surface area contributed by atoms with Crippen LogP contribution in [0.5, 0.6) is 0 Å². The van der Waals surface area contributed by atoms with Gasteiger partial charge in [-0.15, -0.1) is 0 Å². The van der Waals surface area contributed by atoms with Crippen LogP contribution in [0.3, 0.4) is 0 Å². The van der Waals surface area contributed by atoms with Gasteiger partial charge in [0.25, 0.3) is 5.56 Å². The number of nitrogens with one attached hydrogen (secondary N) is 1. The summed E-state index contributed by atoms with van der Waals surface area (Å²) < 4.78 is 31.9. The highest BCUT2D eigenvalue weighted by Gasteiger charge is 2.44. The van der Waals surface area contributed by atoms with Crippen LogP contribution in [0, 0.1) is 0 Å². The SMILES string of the molecule is Nc1nc2c(ncn2C2OC(CSP(=O)([O-])OP(=O)([O-])[O-])C(O)C2O)c(=O)[nH]1. The maximum atomic E-state index is 11.8. The first-order valence-corrected chi connectivity index (χ1v) is 11.9. The van der Waals surface area contributed by atoms with Crippen LogP contribution in [0.15, 0.2) is 11.1 Å². The predicted molar refractivity (Wildman–Crippen MR) is 87.2 cm³/mol. The second kappa shape index (κ2) is 7.50. The number of nitrogens with two attached hydrogens (primary N) is 1. The normalized spacial score (nSPS) is 27.9. The lowest BCUT2D eigenvalue weighted by Gasteiger charge is -2.35. The summed E-state index contributed by atoms with van der Waals surface area (Å²) in [4.78, 5) is 54.1. The van der Waals surface area contributed by atoms with Gasteiger partial charge in [0.2, 0.25) is 5.95 Å². The Bertz CT molecular complexity index is 1040. The monoisotopic (exact) mass is 456 g/mol. The molecule has 3 rings (SSSR count). The number of fused-ring (bicyclic) bond motifs is 1. The van der Waals surface area contributed by atoms with Gasteiger partial charge in [-0.1, -0.05) is 11.4 Å². The third kappa shape index (κ3) is 4.46. The summed E-state index contributed by atoms with van der Waals surface area (Å²) in [6.45, 7) is -5.13.